The van der Waals surface area contributed by atoms with E-state index in [1.165, 1.54) is 0 Å². The van der Waals surface area contributed by atoms with E-state index in [4.69, 9.17) is 17.7 Å². The Bertz CT molecular complexity index is 340. The lowest BCUT2D eigenvalue weighted by atomic mass is 10.2. The fourth-order valence-corrected chi connectivity index (χ4v) is 9.50. The maximum absolute atomic E-state index is 12.7. The minimum absolute atomic E-state index is 0.143. The van der Waals surface area contributed by atoms with Crippen molar-refractivity contribution in [1.82, 2.24) is 0 Å². The first-order valence-electron chi connectivity index (χ1n) is 8.52. The van der Waals surface area contributed by atoms with E-state index < -0.39 is 17.1 Å². The van der Waals surface area contributed by atoms with Crippen LogP contribution in [0.1, 0.15) is 48.0 Å². The van der Waals surface area contributed by atoms with Crippen LogP contribution in [0.5, 0.6) is 0 Å². The SMILES string of the molecule is CCC[Si](OC(=O)C(C)C[Si](OC)(OC)OC)(C(C)C)C(C)C. The highest BCUT2D eigenvalue weighted by Gasteiger charge is 2.47. The minimum Gasteiger partial charge on any atom is -0.518 e. The van der Waals surface area contributed by atoms with Gasteiger partial charge in [0.2, 0.25) is 0 Å². The predicted molar refractivity (Wildman–Crippen MR) is 97.9 cm³/mol. The first kappa shape index (κ1) is 22.8. The molecule has 0 saturated carbocycles. The molecule has 0 N–H and O–H groups in total. The molecule has 0 heterocycles. The van der Waals surface area contributed by atoms with Gasteiger partial charge in [-0.05, 0) is 17.1 Å². The zero-order chi connectivity index (χ0) is 18.3. The summed E-state index contributed by atoms with van der Waals surface area (Å²) in [6, 6.07) is 1.43. The monoisotopic (exact) mass is 364 g/mol. The first-order valence-corrected chi connectivity index (χ1v) is 12.7. The summed E-state index contributed by atoms with van der Waals surface area (Å²) >= 11 is 0. The van der Waals surface area contributed by atoms with Gasteiger partial charge < -0.3 is 17.7 Å². The van der Waals surface area contributed by atoms with Crippen molar-refractivity contribution < 1.29 is 22.5 Å². The number of rotatable bonds is 11. The van der Waals surface area contributed by atoms with Crippen molar-refractivity contribution in [2.75, 3.05) is 21.3 Å². The molecule has 1 atom stereocenters. The Hall–Kier alpha value is -0.216. The molecule has 0 aromatic carbocycles. The molecule has 0 aliphatic carbocycles. The smallest absolute Gasteiger partial charge is 0.501 e. The van der Waals surface area contributed by atoms with E-state index >= 15 is 0 Å². The molecular formula is C16H36O5Si2. The van der Waals surface area contributed by atoms with Crippen LogP contribution in [0.25, 0.3) is 0 Å². The van der Waals surface area contributed by atoms with Crippen molar-refractivity contribution in [1.29, 1.82) is 0 Å². The molecule has 0 aromatic rings. The second-order valence-corrected chi connectivity index (χ2v) is 14.8. The first-order chi connectivity index (χ1) is 10.6. The number of hydrogen-bond acceptors (Lipinski definition) is 5. The van der Waals surface area contributed by atoms with Gasteiger partial charge in [0.05, 0.1) is 5.92 Å². The molecule has 7 heteroatoms. The topological polar surface area (TPSA) is 54.0 Å². The third-order valence-electron chi connectivity index (χ3n) is 4.78. The van der Waals surface area contributed by atoms with Crippen LogP contribution in [-0.2, 0) is 22.5 Å². The van der Waals surface area contributed by atoms with Crippen molar-refractivity contribution in [3.8, 4) is 0 Å². The van der Waals surface area contributed by atoms with Gasteiger partial charge in [0.1, 0.15) is 0 Å². The molecule has 0 radical (unpaired) electrons. The lowest BCUT2D eigenvalue weighted by molar-refractivity contribution is -0.139. The van der Waals surface area contributed by atoms with E-state index in [0.717, 1.165) is 12.5 Å². The molecule has 1 unspecified atom stereocenters. The Labute approximate surface area is 144 Å². The van der Waals surface area contributed by atoms with E-state index in [2.05, 4.69) is 34.6 Å². The normalized spacial score (nSPS) is 14.4. The van der Waals surface area contributed by atoms with Crippen LogP contribution in [0.3, 0.4) is 0 Å². The Balaban J connectivity index is 5.19. The van der Waals surface area contributed by atoms with Gasteiger partial charge in [-0.2, -0.15) is 0 Å². The van der Waals surface area contributed by atoms with E-state index in [1.54, 1.807) is 21.3 Å². The molecule has 0 aliphatic heterocycles. The summed E-state index contributed by atoms with van der Waals surface area (Å²) in [6.45, 7) is 12.7. The van der Waals surface area contributed by atoms with Gasteiger partial charge in [0, 0.05) is 27.4 Å². The third kappa shape index (κ3) is 5.67. The molecule has 0 fully saturated rings. The quantitative estimate of drug-likeness (QED) is 0.514. The zero-order valence-electron chi connectivity index (χ0n) is 16.4. The van der Waals surface area contributed by atoms with Gasteiger partial charge >= 0.3 is 8.80 Å². The molecule has 0 aromatic heterocycles. The second kappa shape index (κ2) is 9.93. The molecule has 5 nitrogen and oxygen atoms in total. The fraction of sp³-hybridized carbons (Fsp3) is 0.938. The van der Waals surface area contributed by atoms with Crippen LogP contribution >= 0.6 is 0 Å². The summed E-state index contributed by atoms with van der Waals surface area (Å²) in [4.78, 5) is 12.7. The van der Waals surface area contributed by atoms with Gasteiger partial charge in [-0.15, -0.1) is 0 Å². The van der Waals surface area contributed by atoms with Crippen molar-refractivity contribution >= 4 is 23.1 Å². The van der Waals surface area contributed by atoms with Gasteiger partial charge in [-0.3, -0.25) is 4.79 Å². The average Bonchev–Trinajstić information content (AvgIpc) is 2.51. The van der Waals surface area contributed by atoms with Crippen LogP contribution in [0, 0.1) is 5.92 Å². The summed E-state index contributed by atoms with van der Waals surface area (Å²) in [5.41, 5.74) is 0.792. The lowest BCUT2D eigenvalue weighted by Gasteiger charge is -2.39. The third-order valence-corrected chi connectivity index (χ3v) is 13.5. The van der Waals surface area contributed by atoms with E-state index in [-0.39, 0.29) is 11.9 Å². The second-order valence-electron chi connectivity index (χ2n) is 6.84. The van der Waals surface area contributed by atoms with E-state index in [9.17, 15) is 4.79 Å². The summed E-state index contributed by atoms with van der Waals surface area (Å²) in [7, 11) is -0.220. The maximum Gasteiger partial charge on any atom is 0.501 e. The molecular weight excluding hydrogens is 328 g/mol. The maximum atomic E-state index is 12.7. The Kier molecular flexibility index (Phi) is 9.84. The summed E-state index contributed by atoms with van der Waals surface area (Å²) < 4.78 is 22.5. The van der Waals surface area contributed by atoms with Crippen molar-refractivity contribution in [2.45, 2.75) is 71.1 Å². The van der Waals surface area contributed by atoms with Gasteiger partial charge in [-0.25, -0.2) is 0 Å². The van der Waals surface area contributed by atoms with Crippen molar-refractivity contribution in [2.24, 2.45) is 5.92 Å². The summed E-state index contributed by atoms with van der Waals surface area (Å²) in [5, 5.41) is 0. The van der Waals surface area contributed by atoms with Crippen LogP contribution in [0.2, 0.25) is 23.2 Å². The highest BCUT2D eigenvalue weighted by Crippen LogP contribution is 2.38. The molecule has 0 rings (SSSR count). The Morgan fingerprint density at radius 1 is 0.913 bits per heavy atom. The molecule has 0 spiro atoms. The lowest BCUT2D eigenvalue weighted by Crippen LogP contribution is -2.49. The molecule has 0 amide bonds. The Morgan fingerprint density at radius 2 is 1.35 bits per heavy atom. The number of carbonyl (C=O) groups is 1. The molecule has 138 valence electrons. The molecule has 23 heavy (non-hydrogen) atoms. The summed E-state index contributed by atoms with van der Waals surface area (Å²) in [5.74, 6) is -0.446. The molecule has 0 aliphatic rings. The van der Waals surface area contributed by atoms with E-state index in [1.807, 2.05) is 6.92 Å². The largest absolute Gasteiger partial charge is 0.518 e. The van der Waals surface area contributed by atoms with Crippen molar-refractivity contribution in [3.63, 3.8) is 0 Å². The minimum atomic E-state index is -2.78. The fourth-order valence-electron chi connectivity index (χ4n) is 3.17. The van der Waals surface area contributed by atoms with Crippen LogP contribution < -0.4 is 0 Å². The highest BCUT2D eigenvalue weighted by molar-refractivity contribution is 6.77. The molecule has 0 saturated heterocycles. The molecule has 0 bridgehead atoms. The van der Waals surface area contributed by atoms with Crippen LogP contribution in [0.4, 0.5) is 0 Å². The van der Waals surface area contributed by atoms with E-state index in [0.29, 0.717) is 17.1 Å². The van der Waals surface area contributed by atoms with Crippen molar-refractivity contribution in [3.05, 3.63) is 0 Å². The Morgan fingerprint density at radius 3 is 1.65 bits per heavy atom. The average molecular weight is 365 g/mol. The van der Waals surface area contributed by atoms with Crippen LogP contribution in [0.15, 0.2) is 0 Å². The predicted octanol–water partition coefficient (Wildman–Crippen LogP) is 4.22. The number of hydrogen-bond donors (Lipinski definition) is 0. The van der Waals surface area contributed by atoms with Gasteiger partial charge in [0.25, 0.3) is 14.3 Å². The number of carbonyl (C=O) groups excluding carboxylic acids is 1. The summed E-state index contributed by atoms with van der Waals surface area (Å²) in [6.07, 6.45) is 1.04. The van der Waals surface area contributed by atoms with Gasteiger partial charge in [0.15, 0.2) is 0 Å². The van der Waals surface area contributed by atoms with Crippen LogP contribution in [-0.4, -0.2) is 44.4 Å². The highest BCUT2D eigenvalue weighted by atomic mass is 28.4. The van der Waals surface area contributed by atoms with Gasteiger partial charge in [-0.1, -0.05) is 48.0 Å². The standard InChI is InChI=1S/C16H36O5Si2/c1-10-11-22(13(2)3,14(4)5)21-16(17)15(6)12-23(18-7,19-8)20-9/h13-15H,10-12H2,1-9H3. The zero-order valence-corrected chi connectivity index (χ0v) is 18.4.